The van der Waals surface area contributed by atoms with Gasteiger partial charge in [0.05, 0.1) is 5.75 Å². The van der Waals surface area contributed by atoms with Crippen molar-refractivity contribution in [1.82, 2.24) is 10.2 Å². The lowest BCUT2D eigenvalue weighted by Crippen LogP contribution is -2.39. The fourth-order valence-corrected chi connectivity index (χ4v) is 2.63. The highest BCUT2D eigenvalue weighted by Gasteiger charge is 2.20. The molecule has 110 valence electrons. The van der Waals surface area contributed by atoms with Crippen LogP contribution in [0.25, 0.3) is 0 Å². The zero-order valence-electron chi connectivity index (χ0n) is 11.6. The molecule has 0 saturated carbocycles. The molecule has 0 aromatic rings. The first-order valence-corrected chi connectivity index (χ1v) is 7.77. The zero-order chi connectivity index (χ0) is 13.5. The van der Waals surface area contributed by atoms with Gasteiger partial charge in [0.25, 0.3) is 0 Å². The predicted molar refractivity (Wildman–Crippen MR) is 77.0 cm³/mol. The molecule has 0 fully saturated rings. The number of nitrogens with zero attached hydrogens (tertiary/aromatic N) is 1. The second kappa shape index (κ2) is 9.58. The summed E-state index contributed by atoms with van der Waals surface area (Å²) in [6, 6.07) is -0.262. The number of hydrogen-bond donors (Lipinski definition) is 1. The van der Waals surface area contributed by atoms with Crippen molar-refractivity contribution >= 4 is 28.2 Å². The third-order valence-electron chi connectivity index (χ3n) is 2.81. The van der Waals surface area contributed by atoms with Crippen molar-refractivity contribution in [2.45, 2.75) is 32.7 Å². The van der Waals surface area contributed by atoms with Crippen molar-refractivity contribution in [3.8, 4) is 0 Å². The molecule has 0 radical (unpaired) electrons. The average Bonchev–Trinajstić information content (AvgIpc) is 2.27. The van der Waals surface area contributed by atoms with Crippen LogP contribution in [0.4, 0.5) is 0 Å². The predicted octanol–water partition coefficient (Wildman–Crippen LogP) is 0.689. The number of carbonyl (C=O) groups is 1. The average molecular weight is 301 g/mol. The molecule has 0 bridgehead atoms. The van der Waals surface area contributed by atoms with Crippen LogP contribution in [0.15, 0.2) is 0 Å². The Hall–Kier alpha value is -0.330. The topological polar surface area (TPSA) is 66.5 Å². The smallest absolute Gasteiger partial charge is 0.222 e. The van der Waals surface area contributed by atoms with Crippen LogP contribution < -0.4 is 5.32 Å². The van der Waals surface area contributed by atoms with Gasteiger partial charge >= 0.3 is 0 Å². The monoisotopic (exact) mass is 300 g/mol. The standard InChI is InChI=1S/C11H24N2O3S.ClH/c1-5-17(15,16)9-10(2)13(4)11(14)7-6-8-12-3;/h10,12H,5-9H2,1-4H3;1H. The van der Waals surface area contributed by atoms with Crippen LogP contribution in [-0.4, -0.2) is 57.4 Å². The van der Waals surface area contributed by atoms with Gasteiger partial charge in [0.2, 0.25) is 5.91 Å². The van der Waals surface area contributed by atoms with Gasteiger partial charge in [-0.05, 0) is 26.9 Å². The Morgan fingerprint density at radius 2 is 1.94 bits per heavy atom. The molecule has 0 aromatic carbocycles. The van der Waals surface area contributed by atoms with Crippen molar-refractivity contribution < 1.29 is 13.2 Å². The highest BCUT2D eigenvalue weighted by atomic mass is 35.5. The molecular weight excluding hydrogens is 276 g/mol. The van der Waals surface area contributed by atoms with Crippen LogP contribution in [0.3, 0.4) is 0 Å². The van der Waals surface area contributed by atoms with E-state index in [9.17, 15) is 13.2 Å². The quantitative estimate of drug-likeness (QED) is 0.670. The maximum Gasteiger partial charge on any atom is 0.222 e. The van der Waals surface area contributed by atoms with E-state index in [0.29, 0.717) is 6.42 Å². The van der Waals surface area contributed by atoms with Gasteiger partial charge in [-0.1, -0.05) is 6.92 Å². The molecule has 0 aliphatic heterocycles. The number of sulfone groups is 1. The molecule has 7 heteroatoms. The van der Waals surface area contributed by atoms with E-state index in [4.69, 9.17) is 0 Å². The van der Waals surface area contributed by atoms with Crippen molar-refractivity contribution in [2.24, 2.45) is 0 Å². The molecule has 18 heavy (non-hydrogen) atoms. The second-order valence-corrected chi connectivity index (χ2v) is 6.66. The molecule has 5 nitrogen and oxygen atoms in total. The number of hydrogen-bond acceptors (Lipinski definition) is 4. The molecule has 0 aliphatic carbocycles. The summed E-state index contributed by atoms with van der Waals surface area (Å²) in [5.41, 5.74) is 0. The minimum absolute atomic E-state index is 0. The van der Waals surface area contributed by atoms with Gasteiger partial charge in [-0.2, -0.15) is 0 Å². The molecule has 1 N–H and O–H groups in total. The number of amides is 1. The molecular formula is C11H25ClN2O3S. The third kappa shape index (κ3) is 7.89. The van der Waals surface area contributed by atoms with E-state index in [-0.39, 0.29) is 35.9 Å². The lowest BCUT2D eigenvalue weighted by atomic mass is 10.2. The van der Waals surface area contributed by atoms with E-state index < -0.39 is 9.84 Å². The summed E-state index contributed by atoms with van der Waals surface area (Å²) in [5, 5.41) is 2.97. The van der Waals surface area contributed by atoms with Gasteiger partial charge in [-0.25, -0.2) is 8.42 Å². The van der Waals surface area contributed by atoms with Crippen LogP contribution in [-0.2, 0) is 14.6 Å². The first-order chi connectivity index (χ1) is 7.84. The highest BCUT2D eigenvalue weighted by molar-refractivity contribution is 7.91. The normalized spacial score (nSPS) is 12.7. The van der Waals surface area contributed by atoms with Crippen molar-refractivity contribution in [1.29, 1.82) is 0 Å². The molecule has 1 unspecified atom stereocenters. The van der Waals surface area contributed by atoms with Crippen molar-refractivity contribution in [3.63, 3.8) is 0 Å². The molecule has 0 spiro atoms. The number of carbonyl (C=O) groups excluding carboxylic acids is 1. The lowest BCUT2D eigenvalue weighted by Gasteiger charge is -2.24. The van der Waals surface area contributed by atoms with Crippen molar-refractivity contribution in [3.05, 3.63) is 0 Å². The minimum atomic E-state index is -3.03. The van der Waals surface area contributed by atoms with E-state index in [2.05, 4.69) is 5.32 Å². The van der Waals surface area contributed by atoms with Crippen LogP contribution >= 0.6 is 12.4 Å². The fraction of sp³-hybridized carbons (Fsp3) is 0.909. The lowest BCUT2D eigenvalue weighted by molar-refractivity contribution is -0.131. The Balaban J connectivity index is 0. The molecule has 0 heterocycles. The van der Waals surface area contributed by atoms with E-state index >= 15 is 0 Å². The fourth-order valence-electron chi connectivity index (χ4n) is 1.44. The Labute approximate surface area is 117 Å². The Kier molecular flexibility index (Phi) is 10.6. The summed E-state index contributed by atoms with van der Waals surface area (Å²) in [6.45, 7) is 4.18. The summed E-state index contributed by atoms with van der Waals surface area (Å²) in [4.78, 5) is 13.3. The summed E-state index contributed by atoms with van der Waals surface area (Å²) in [5.74, 6) is 0.163. The van der Waals surface area contributed by atoms with Crippen LogP contribution in [0.5, 0.6) is 0 Å². The highest BCUT2D eigenvalue weighted by Crippen LogP contribution is 2.05. The van der Waals surface area contributed by atoms with E-state index in [0.717, 1.165) is 13.0 Å². The first-order valence-electron chi connectivity index (χ1n) is 5.94. The first kappa shape index (κ1) is 20.0. The molecule has 0 rings (SSSR count). The summed E-state index contributed by atoms with van der Waals surface area (Å²) in [6.07, 6.45) is 1.22. The van der Waals surface area contributed by atoms with Gasteiger partial charge in [0.1, 0.15) is 0 Å². The summed E-state index contributed by atoms with van der Waals surface area (Å²) in [7, 11) is 0.474. The third-order valence-corrected chi connectivity index (χ3v) is 4.68. The Morgan fingerprint density at radius 1 is 1.39 bits per heavy atom. The molecule has 0 saturated heterocycles. The van der Waals surface area contributed by atoms with Crippen LogP contribution in [0.2, 0.25) is 0 Å². The van der Waals surface area contributed by atoms with Crippen LogP contribution in [0, 0.1) is 0 Å². The van der Waals surface area contributed by atoms with Gasteiger partial charge < -0.3 is 10.2 Å². The van der Waals surface area contributed by atoms with Gasteiger partial charge in [0.15, 0.2) is 9.84 Å². The minimum Gasteiger partial charge on any atom is -0.342 e. The maximum atomic E-state index is 11.7. The van der Waals surface area contributed by atoms with Gasteiger partial charge in [-0.3, -0.25) is 4.79 Å². The Bertz CT molecular complexity index is 333. The Morgan fingerprint density at radius 3 is 2.39 bits per heavy atom. The molecule has 0 aliphatic rings. The summed E-state index contributed by atoms with van der Waals surface area (Å²) >= 11 is 0. The molecule has 1 amide bonds. The van der Waals surface area contributed by atoms with E-state index in [1.165, 1.54) is 4.90 Å². The maximum absolute atomic E-state index is 11.7. The van der Waals surface area contributed by atoms with E-state index in [1.54, 1.807) is 20.9 Å². The summed E-state index contributed by atoms with van der Waals surface area (Å²) < 4.78 is 22.9. The van der Waals surface area contributed by atoms with Gasteiger partial charge in [-0.15, -0.1) is 12.4 Å². The number of nitrogens with one attached hydrogen (secondary N) is 1. The van der Waals surface area contributed by atoms with Crippen molar-refractivity contribution in [2.75, 3.05) is 32.1 Å². The number of rotatable bonds is 8. The number of halogens is 1. The molecule has 0 aromatic heterocycles. The zero-order valence-corrected chi connectivity index (χ0v) is 13.2. The van der Waals surface area contributed by atoms with Gasteiger partial charge in [0, 0.05) is 25.3 Å². The van der Waals surface area contributed by atoms with E-state index in [1.807, 2.05) is 7.05 Å². The largest absolute Gasteiger partial charge is 0.342 e. The van der Waals surface area contributed by atoms with Crippen LogP contribution in [0.1, 0.15) is 26.7 Å². The molecule has 1 atom stereocenters. The SMILES string of the molecule is CCS(=O)(=O)CC(C)N(C)C(=O)CCCNC.Cl. The second-order valence-electron chi connectivity index (χ2n) is 4.26.